The smallest absolute Gasteiger partial charge is 0.209 e. The molecule has 1 atom stereocenters. The molecule has 7 nitrogen and oxygen atoms in total. The fourth-order valence-electron chi connectivity index (χ4n) is 3.41. The first kappa shape index (κ1) is 18.0. The molecule has 2 N–H and O–H groups in total. The number of hydrogen-bond donors (Lipinski definition) is 2. The summed E-state index contributed by atoms with van der Waals surface area (Å²) in [5.41, 5.74) is 0. The van der Waals surface area contributed by atoms with Crippen molar-refractivity contribution in [2.45, 2.75) is 32.9 Å². The number of ether oxygens (including phenoxy) is 1. The molecule has 23 heavy (non-hydrogen) atoms. The molecule has 0 bridgehead atoms. The molecule has 1 aliphatic heterocycles. The number of quaternary nitrogens is 2. The summed E-state index contributed by atoms with van der Waals surface area (Å²) in [6.45, 7) is 15.5. The van der Waals surface area contributed by atoms with E-state index in [0.717, 1.165) is 31.9 Å². The lowest BCUT2D eigenvalue weighted by molar-refractivity contribution is -1.03. The Balaban J connectivity index is 2.08. The molecule has 7 heteroatoms. The summed E-state index contributed by atoms with van der Waals surface area (Å²) >= 11 is 0. The van der Waals surface area contributed by atoms with Crippen molar-refractivity contribution in [1.29, 1.82) is 0 Å². The SMILES string of the molecule is C=CC[NH+]1CC[NH+]([C@@H](CC(C)C)c2nnnn2CCOC)CC1. The maximum Gasteiger partial charge on any atom is 0.209 e. The van der Waals surface area contributed by atoms with Crippen LogP contribution < -0.4 is 9.80 Å². The van der Waals surface area contributed by atoms with E-state index in [1.807, 2.05) is 10.8 Å². The molecule has 1 aromatic rings. The Bertz CT molecular complexity index is 467. The molecular formula is C16H32N6O+2. The van der Waals surface area contributed by atoms with Crippen molar-refractivity contribution in [2.75, 3.05) is 46.4 Å². The maximum atomic E-state index is 5.18. The van der Waals surface area contributed by atoms with E-state index in [1.54, 1.807) is 16.9 Å². The van der Waals surface area contributed by atoms with Gasteiger partial charge in [0.15, 0.2) is 6.04 Å². The van der Waals surface area contributed by atoms with Crippen molar-refractivity contribution in [2.24, 2.45) is 5.92 Å². The molecule has 0 radical (unpaired) electrons. The average Bonchev–Trinajstić information content (AvgIpc) is 3.00. The predicted molar refractivity (Wildman–Crippen MR) is 88.3 cm³/mol. The van der Waals surface area contributed by atoms with Gasteiger partial charge in [-0.2, -0.15) is 0 Å². The molecule has 0 aromatic carbocycles. The quantitative estimate of drug-likeness (QED) is 0.536. The largest absolute Gasteiger partial charge is 0.383 e. The van der Waals surface area contributed by atoms with Crippen LogP contribution in [0, 0.1) is 5.92 Å². The molecule has 1 aromatic heterocycles. The third kappa shape index (κ3) is 5.09. The van der Waals surface area contributed by atoms with Gasteiger partial charge in [-0.1, -0.05) is 20.4 Å². The fraction of sp³-hybridized carbons (Fsp3) is 0.812. The number of nitrogens with one attached hydrogen (secondary N) is 2. The first-order valence-corrected chi connectivity index (χ1v) is 8.69. The Morgan fingerprint density at radius 2 is 2.04 bits per heavy atom. The minimum atomic E-state index is 0.368. The first-order chi connectivity index (χ1) is 11.2. The second-order valence-electron chi connectivity index (χ2n) is 6.84. The van der Waals surface area contributed by atoms with Gasteiger partial charge in [-0.15, -0.1) is 5.10 Å². The molecule has 2 rings (SSSR count). The number of rotatable bonds is 9. The summed E-state index contributed by atoms with van der Waals surface area (Å²) in [5.74, 6) is 1.64. The second kappa shape index (κ2) is 9.10. The number of nitrogens with zero attached hydrogens (tertiary/aromatic N) is 4. The van der Waals surface area contributed by atoms with Crippen molar-refractivity contribution in [3.63, 3.8) is 0 Å². The van der Waals surface area contributed by atoms with Crippen molar-refractivity contribution in [3.8, 4) is 0 Å². The number of methoxy groups -OCH3 is 1. The highest BCUT2D eigenvalue weighted by molar-refractivity contribution is 4.88. The lowest BCUT2D eigenvalue weighted by Gasteiger charge is -2.34. The molecule has 1 saturated heterocycles. The van der Waals surface area contributed by atoms with Crippen LogP contribution in [0.4, 0.5) is 0 Å². The van der Waals surface area contributed by atoms with Crippen LogP contribution in [0.15, 0.2) is 12.7 Å². The minimum absolute atomic E-state index is 0.368. The van der Waals surface area contributed by atoms with Gasteiger partial charge in [-0.05, 0) is 22.4 Å². The van der Waals surface area contributed by atoms with Crippen LogP contribution in [0.3, 0.4) is 0 Å². The number of hydrogen-bond acceptors (Lipinski definition) is 4. The van der Waals surface area contributed by atoms with Crippen LogP contribution in [-0.4, -0.2) is 66.6 Å². The summed E-state index contributed by atoms with van der Waals surface area (Å²) in [4.78, 5) is 3.24. The van der Waals surface area contributed by atoms with Crippen LogP contribution in [-0.2, 0) is 11.3 Å². The van der Waals surface area contributed by atoms with Crippen LogP contribution in [0.1, 0.15) is 32.1 Å². The van der Waals surface area contributed by atoms with E-state index in [4.69, 9.17) is 4.74 Å². The zero-order valence-electron chi connectivity index (χ0n) is 14.8. The summed E-state index contributed by atoms with van der Waals surface area (Å²) in [7, 11) is 1.71. The van der Waals surface area contributed by atoms with E-state index in [1.165, 1.54) is 13.1 Å². The lowest BCUT2D eigenvalue weighted by Crippen LogP contribution is -3.28. The topological polar surface area (TPSA) is 61.7 Å². The summed E-state index contributed by atoms with van der Waals surface area (Å²) < 4.78 is 7.10. The van der Waals surface area contributed by atoms with Gasteiger partial charge in [0.1, 0.15) is 26.2 Å². The zero-order chi connectivity index (χ0) is 16.7. The molecule has 1 fully saturated rings. The van der Waals surface area contributed by atoms with Gasteiger partial charge in [-0.25, -0.2) is 4.68 Å². The Hall–Kier alpha value is -1.31. The van der Waals surface area contributed by atoms with Crippen LogP contribution >= 0.6 is 0 Å². The van der Waals surface area contributed by atoms with E-state index >= 15 is 0 Å². The van der Waals surface area contributed by atoms with Gasteiger partial charge in [0, 0.05) is 13.5 Å². The van der Waals surface area contributed by atoms with Crippen molar-refractivity contribution in [1.82, 2.24) is 20.2 Å². The maximum absolute atomic E-state index is 5.18. The molecule has 0 spiro atoms. The lowest BCUT2D eigenvalue weighted by atomic mass is 10.0. The highest BCUT2D eigenvalue weighted by atomic mass is 16.5. The van der Waals surface area contributed by atoms with Gasteiger partial charge >= 0.3 is 0 Å². The van der Waals surface area contributed by atoms with E-state index in [9.17, 15) is 0 Å². The Labute approximate surface area is 139 Å². The van der Waals surface area contributed by atoms with Crippen molar-refractivity contribution in [3.05, 3.63) is 18.5 Å². The standard InChI is InChI=1S/C16H30N6O/c1-5-6-20-7-9-21(10-8-20)15(13-14(2)3)16-17-18-19-22(16)11-12-23-4/h5,14-15H,1,6-13H2,2-4H3/p+2/t15-/m0/s1. The third-order valence-electron chi connectivity index (χ3n) is 4.61. The third-order valence-corrected chi connectivity index (χ3v) is 4.61. The molecule has 0 saturated carbocycles. The number of aromatic nitrogens is 4. The van der Waals surface area contributed by atoms with Gasteiger partial charge in [0.05, 0.1) is 19.7 Å². The summed E-state index contributed by atoms with van der Waals surface area (Å²) in [6, 6.07) is 0.368. The molecule has 0 aliphatic carbocycles. The van der Waals surface area contributed by atoms with Crippen LogP contribution in [0.25, 0.3) is 0 Å². The highest BCUT2D eigenvalue weighted by Crippen LogP contribution is 2.16. The van der Waals surface area contributed by atoms with Crippen molar-refractivity contribution >= 4 is 0 Å². The van der Waals surface area contributed by atoms with Gasteiger partial charge in [0.25, 0.3) is 0 Å². The Kier molecular flexibility index (Phi) is 7.14. The molecule has 130 valence electrons. The Morgan fingerprint density at radius 1 is 1.30 bits per heavy atom. The van der Waals surface area contributed by atoms with Gasteiger partial charge in [0.2, 0.25) is 5.82 Å². The van der Waals surface area contributed by atoms with Gasteiger partial charge in [-0.3, -0.25) is 0 Å². The van der Waals surface area contributed by atoms with Gasteiger partial charge < -0.3 is 14.5 Å². The fourth-order valence-corrected chi connectivity index (χ4v) is 3.41. The molecule has 2 heterocycles. The Morgan fingerprint density at radius 3 is 2.65 bits per heavy atom. The second-order valence-corrected chi connectivity index (χ2v) is 6.84. The van der Waals surface area contributed by atoms with Crippen LogP contribution in [0.2, 0.25) is 0 Å². The van der Waals surface area contributed by atoms with E-state index in [0.29, 0.717) is 25.1 Å². The van der Waals surface area contributed by atoms with E-state index in [2.05, 4.69) is 36.0 Å². The predicted octanol–water partition coefficient (Wildman–Crippen LogP) is -1.62. The summed E-state index contributed by atoms with van der Waals surface area (Å²) in [6.07, 6.45) is 3.14. The molecule has 0 unspecified atom stereocenters. The van der Waals surface area contributed by atoms with Crippen LogP contribution in [0.5, 0.6) is 0 Å². The number of tetrazole rings is 1. The highest BCUT2D eigenvalue weighted by Gasteiger charge is 2.34. The monoisotopic (exact) mass is 324 g/mol. The van der Waals surface area contributed by atoms with E-state index in [-0.39, 0.29) is 0 Å². The number of piperazine rings is 1. The minimum Gasteiger partial charge on any atom is -0.383 e. The van der Waals surface area contributed by atoms with Crippen molar-refractivity contribution < 1.29 is 14.5 Å². The molecule has 0 amide bonds. The molecule has 1 aliphatic rings. The first-order valence-electron chi connectivity index (χ1n) is 8.69. The zero-order valence-corrected chi connectivity index (χ0v) is 14.8. The molecular weight excluding hydrogens is 292 g/mol. The van der Waals surface area contributed by atoms with E-state index < -0.39 is 0 Å². The normalized spacial score (nSPS) is 23.1. The average molecular weight is 324 g/mol. The summed E-state index contributed by atoms with van der Waals surface area (Å²) in [5, 5.41) is 12.4.